The van der Waals surface area contributed by atoms with Crippen molar-refractivity contribution in [2.45, 2.75) is 17.9 Å². The summed E-state index contributed by atoms with van der Waals surface area (Å²) >= 11 is 0. The summed E-state index contributed by atoms with van der Waals surface area (Å²) < 4.78 is 17.3. The third-order valence-electron chi connectivity index (χ3n) is 5.56. The number of hydrogen-bond donors (Lipinski definition) is 0. The molecule has 0 radical (unpaired) electrons. The predicted molar refractivity (Wildman–Crippen MR) is 112 cm³/mol. The molecule has 1 heterocycles. The zero-order valence-corrected chi connectivity index (χ0v) is 16.8. The van der Waals surface area contributed by atoms with Crippen molar-refractivity contribution in [1.82, 2.24) is 0 Å². The van der Waals surface area contributed by atoms with Crippen LogP contribution >= 0.6 is 0 Å². The van der Waals surface area contributed by atoms with Crippen molar-refractivity contribution in [2.24, 2.45) is 0 Å². The number of hydrogen-bond acceptors (Lipinski definition) is 5. The van der Waals surface area contributed by atoms with Crippen molar-refractivity contribution in [3.05, 3.63) is 89.5 Å². The largest absolute Gasteiger partial charge is 0.496 e. The summed E-state index contributed by atoms with van der Waals surface area (Å²) in [5.41, 5.74) is 0.489. The van der Waals surface area contributed by atoms with E-state index in [1.807, 2.05) is 60.7 Å². The minimum atomic E-state index is -1.40. The summed E-state index contributed by atoms with van der Waals surface area (Å²) in [6, 6.07) is 22.2. The Morgan fingerprint density at radius 3 is 2.23 bits per heavy atom. The number of fused-ring (bicyclic) bond motifs is 1. The Bertz CT molecular complexity index is 1060. The number of methoxy groups -OCH3 is 2. The molecular formula is C25H22O5. The molecule has 0 spiro atoms. The third-order valence-corrected chi connectivity index (χ3v) is 5.56. The lowest BCUT2D eigenvalue weighted by Crippen LogP contribution is -2.43. The lowest BCUT2D eigenvalue weighted by molar-refractivity contribution is -0.109. The van der Waals surface area contributed by atoms with Crippen LogP contribution in [0.4, 0.5) is 0 Å². The van der Waals surface area contributed by atoms with Gasteiger partial charge in [-0.1, -0.05) is 60.7 Å². The molecule has 0 saturated heterocycles. The molecule has 0 fully saturated rings. The molecule has 1 aliphatic rings. The third kappa shape index (κ3) is 3.03. The molecule has 5 heteroatoms. The maximum Gasteiger partial charge on any atom is 0.219 e. The van der Waals surface area contributed by atoms with Gasteiger partial charge in [0.1, 0.15) is 29.1 Å². The Labute approximate surface area is 175 Å². The van der Waals surface area contributed by atoms with Gasteiger partial charge in [-0.25, -0.2) is 0 Å². The Morgan fingerprint density at radius 1 is 0.967 bits per heavy atom. The van der Waals surface area contributed by atoms with Crippen molar-refractivity contribution >= 4 is 12.1 Å². The molecule has 0 aliphatic carbocycles. The number of aldehydes is 1. The molecule has 0 unspecified atom stereocenters. The van der Waals surface area contributed by atoms with Crippen LogP contribution in [0.2, 0.25) is 0 Å². The zero-order valence-electron chi connectivity index (χ0n) is 16.8. The van der Waals surface area contributed by atoms with Crippen LogP contribution in [0.5, 0.6) is 17.2 Å². The van der Waals surface area contributed by atoms with E-state index < -0.39 is 11.5 Å². The summed E-state index contributed by atoms with van der Waals surface area (Å²) in [6.45, 7) is 0. The summed E-state index contributed by atoms with van der Waals surface area (Å²) in [4.78, 5) is 25.7. The second-order valence-corrected chi connectivity index (χ2v) is 7.10. The van der Waals surface area contributed by atoms with E-state index in [1.165, 1.54) is 7.11 Å². The highest BCUT2D eigenvalue weighted by molar-refractivity contribution is 6.11. The summed E-state index contributed by atoms with van der Waals surface area (Å²) in [7, 11) is 3.05. The van der Waals surface area contributed by atoms with Crippen LogP contribution in [0.3, 0.4) is 0 Å². The van der Waals surface area contributed by atoms with Crippen LogP contribution in [0.1, 0.15) is 33.8 Å². The monoisotopic (exact) mass is 402 g/mol. The molecule has 30 heavy (non-hydrogen) atoms. The number of carbonyl (C=O) groups excluding carboxylic acids is 2. The van der Waals surface area contributed by atoms with E-state index in [0.29, 0.717) is 28.4 Å². The van der Waals surface area contributed by atoms with Crippen LogP contribution in [-0.4, -0.2) is 26.3 Å². The highest BCUT2D eigenvalue weighted by Crippen LogP contribution is 2.53. The van der Waals surface area contributed by atoms with Gasteiger partial charge in [-0.3, -0.25) is 4.79 Å². The van der Waals surface area contributed by atoms with Crippen molar-refractivity contribution in [2.75, 3.05) is 14.2 Å². The van der Waals surface area contributed by atoms with E-state index in [2.05, 4.69) is 0 Å². The quantitative estimate of drug-likeness (QED) is 0.543. The molecule has 152 valence electrons. The first-order valence-electron chi connectivity index (χ1n) is 9.69. The summed E-state index contributed by atoms with van der Waals surface area (Å²) in [5.74, 6) is 0.527. The average Bonchev–Trinajstić information content (AvgIpc) is 3.11. The van der Waals surface area contributed by atoms with E-state index in [4.69, 9.17) is 14.2 Å². The Hall–Kier alpha value is -3.60. The number of benzene rings is 3. The second-order valence-electron chi connectivity index (χ2n) is 7.10. The molecule has 5 nitrogen and oxygen atoms in total. The molecule has 1 aliphatic heterocycles. The summed E-state index contributed by atoms with van der Waals surface area (Å²) in [5, 5.41) is 0. The number of carbonyl (C=O) groups is 2. The fraction of sp³-hybridized carbons (Fsp3) is 0.200. The van der Waals surface area contributed by atoms with Crippen LogP contribution in [0, 0.1) is 0 Å². The van der Waals surface area contributed by atoms with Gasteiger partial charge in [-0.2, -0.15) is 0 Å². The van der Waals surface area contributed by atoms with E-state index in [9.17, 15) is 9.59 Å². The van der Waals surface area contributed by atoms with Crippen LogP contribution in [-0.2, 0) is 10.4 Å². The van der Waals surface area contributed by atoms with Gasteiger partial charge in [-0.15, -0.1) is 0 Å². The smallest absolute Gasteiger partial charge is 0.219 e. The maximum absolute atomic E-state index is 14.0. The standard InChI is InChI=1S/C25H22O5/c1-28-19-15-21(29-2)23-22(16-19)30-25(24(23)27,18-11-7-4-8-12-18)20(13-14-26)17-9-5-3-6-10-17/h3-12,14-16,20H,13H2,1-2H3/t20-,25+/m1/s1. The average molecular weight is 402 g/mol. The topological polar surface area (TPSA) is 61.8 Å². The SMILES string of the molecule is COc1cc(OC)c2c(c1)O[C@@](c1ccccc1)([C@H](CC=O)c1ccccc1)C2=O. The highest BCUT2D eigenvalue weighted by atomic mass is 16.5. The van der Waals surface area contributed by atoms with E-state index in [1.54, 1.807) is 19.2 Å². The van der Waals surface area contributed by atoms with Crippen molar-refractivity contribution in [3.8, 4) is 17.2 Å². The second kappa shape index (κ2) is 8.03. The number of Topliss-reactive ketones (excluding diaryl/α,β-unsaturated/α-hetero) is 1. The molecule has 4 rings (SSSR count). The van der Waals surface area contributed by atoms with E-state index >= 15 is 0 Å². The summed E-state index contributed by atoms with van der Waals surface area (Å²) in [6.07, 6.45) is 0.956. The minimum absolute atomic E-state index is 0.123. The van der Waals surface area contributed by atoms with Gasteiger partial charge in [0.25, 0.3) is 0 Å². The fourth-order valence-electron chi connectivity index (χ4n) is 4.18. The number of rotatable bonds is 7. The van der Waals surface area contributed by atoms with Crippen molar-refractivity contribution < 1.29 is 23.8 Å². The van der Waals surface area contributed by atoms with E-state index in [0.717, 1.165) is 11.8 Å². The number of ketones is 1. The molecule has 3 aromatic carbocycles. The minimum Gasteiger partial charge on any atom is -0.496 e. The molecular weight excluding hydrogens is 380 g/mol. The highest BCUT2D eigenvalue weighted by Gasteiger charge is 2.56. The molecule has 3 aromatic rings. The molecule has 2 atom stereocenters. The van der Waals surface area contributed by atoms with Gasteiger partial charge in [0.15, 0.2) is 0 Å². The molecule has 0 amide bonds. The van der Waals surface area contributed by atoms with Gasteiger partial charge >= 0.3 is 0 Å². The first-order chi connectivity index (χ1) is 14.7. The van der Waals surface area contributed by atoms with Gasteiger partial charge in [0, 0.05) is 30.0 Å². The molecule has 0 bridgehead atoms. The van der Waals surface area contributed by atoms with Crippen molar-refractivity contribution in [3.63, 3.8) is 0 Å². The van der Waals surface area contributed by atoms with E-state index in [-0.39, 0.29) is 12.2 Å². The fourth-order valence-corrected chi connectivity index (χ4v) is 4.18. The maximum atomic E-state index is 14.0. The first kappa shape index (κ1) is 19.7. The van der Waals surface area contributed by atoms with Gasteiger partial charge in [0.05, 0.1) is 14.2 Å². The Morgan fingerprint density at radius 2 is 1.63 bits per heavy atom. The predicted octanol–water partition coefficient (Wildman–Crippen LogP) is 4.55. The lowest BCUT2D eigenvalue weighted by Gasteiger charge is -2.35. The van der Waals surface area contributed by atoms with Crippen molar-refractivity contribution in [1.29, 1.82) is 0 Å². The van der Waals surface area contributed by atoms with Gasteiger partial charge in [-0.05, 0) is 5.56 Å². The van der Waals surface area contributed by atoms with Gasteiger partial charge < -0.3 is 19.0 Å². The first-order valence-corrected chi connectivity index (χ1v) is 9.69. The number of ether oxygens (including phenoxy) is 3. The molecule has 0 N–H and O–H groups in total. The van der Waals surface area contributed by atoms with Crippen LogP contribution in [0.25, 0.3) is 0 Å². The molecule has 0 saturated carbocycles. The van der Waals surface area contributed by atoms with Crippen LogP contribution < -0.4 is 14.2 Å². The normalized spacial score (nSPS) is 18.3. The lowest BCUT2D eigenvalue weighted by atomic mass is 9.72. The van der Waals surface area contributed by atoms with Crippen LogP contribution in [0.15, 0.2) is 72.8 Å². The van der Waals surface area contributed by atoms with Gasteiger partial charge in [0.2, 0.25) is 11.4 Å². The molecule has 0 aromatic heterocycles. The Kier molecular flexibility index (Phi) is 5.27. The zero-order chi connectivity index (χ0) is 21.1. The Balaban J connectivity index is 1.98.